The first-order valence-electron chi connectivity index (χ1n) is 6.30. The molecule has 0 saturated carbocycles. The van der Waals surface area contributed by atoms with Crippen LogP contribution in [0.2, 0.25) is 0 Å². The minimum atomic E-state index is -0.908. The molecule has 102 valence electrons. The van der Waals surface area contributed by atoms with Crippen molar-refractivity contribution in [1.29, 1.82) is 0 Å². The smallest absolute Gasteiger partial charge is 0.326 e. The summed E-state index contributed by atoms with van der Waals surface area (Å²) in [5.41, 5.74) is 1.69. The number of carbonyl (C=O) groups excluding carboxylic acids is 1. The maximum Gasteiger partial charge on any atom is 0.326 e. The van der Waals surface area contributed by atoms with E-state index < -0.39 is 12.0 Å². The monoisotopic (exact) mass is 373 g/mol. The molecule has 0 bridgehead atoms. The summed E-state index contributed by atoms with van der Waals surface area (Å²) < 4.78 is 1.02. The number of aliphatic carboxylic acids is 1. The lowest BCUT2D eigenvalue weighted by Crippen LogP contribution is -2.48. The molecule has 1 aromatic rings. The van der Waals surface area contributed by atoms with Gasteiger partial charge < -0.3 is 10.0 Å². The van der Waals surface area contributed by atoms with Crippen LogP contribution in [0, 0.1) is 10.5 Å². The van der Waals surface area contributed by atoms with Crippen LogP contribution in [0.4, 0.5) is 0 Å². The first-order valence-corrected chi connectivity index (χ1v) is 7.38. The van der Waals surface area contributed by atoms with E-state index in [2.05, 4.69) is 22.6 Å². The van der Waals surface area contributed by atoms with Crippen molar-refractivity contribution in [3.8, 4) is 0 Å². The first-order chi connectivity index (χ1) is 9.00. The van der Waals surface area contributed by atoms with Crippen LogP contribution >= 0.6 is 22.6 Å². The van der Waals surface area contributed by atoms with Crippen molar-refractivity contribution in [2.75, 3.05) is 6.54 Å². The highest BCUT2D eigenvalue weighted by Crippen LogP contribution is 2.21. The van der Waals surface area contributed by atoms with Gasteiger partial charge in [-0.25, -0.2) is 4.79 Å². The standard InChI is InChI=1S/C14H16INO3/c1-9-5-6-10(8-11(9)15)13(17)16-7-3-2-4-12(16)14(18)19/h5-6,8,12H,2-4,7H2,1H3,(H,18,19). The van der Waals surface area contributed by atoms with Crippen molar-refractivity contribution in [2.45, 2.75) is 32.2 Å². The maximum absolute atomic E-state index is 12.4. The van der Waals surface area contributed by atoms with Gasteiger partial charge >= 0.3 is 5.97 Å². The number of rotatable bonds is 2. The van der Waals surface area contributed by atoms with Gasteiger partial charge in [0.2, 0.25) is 0 Å². The molecule has 0 radical (unpaired) electrons. The molecule has 0 aliphatic carbocycles. The van der Waals surface area contributed by atoms with Crippen LogP contribution in [0.5, 0.6) is 0 Å². The number of hydrogen-bond donors (Lipinski definition) is 1. The lowest BCUT2D eigenvalue weighted by molar-refractivity contribution is -0.143. The molecule has 1 aromatic carbocycles. The Bertz CT molecular complexity index is 515. The van der Waals surface area contributed by atoms with Crippen molar-refractivity contribution in [2.24, 2.45) is 0 Å². The number of benzene rings is 1. The van der Waals surface area contributed by atoms with Gasteiger partial charge in [-0.05, 0) is 66.5 Å². The lowest BCUT2D eigenvalue weighted by Gasteiger charge is -2.33. The van der Waals surface area contributed by atoms with Crippen molar-refractivity contribution >= 4 is 34.5 Å². The second kappa shape index (κ2) is 5.90. The number of carboxylic acids is 1. The summed E-state index contributed by atoms with van der Waals surface area (Å²) in [6.07, 6.45) is 2.29. The molecule has 1 atom stereocenters. The summed E-state index contributed by atoms with van der Waals surface area (Å²) in [6.45, 7) is 2.51. The Balaban J connectivity index is 2.26. The van der Waals surface area contributed by atoms with Gasteiger partial charge in [-0.3, -0.25) is 4.79 Å². The van der Waals surface area contributed by atoms with E-state index in [1.165, 1.54) is 4.90 Å². The Morgan fingerprint density at radius 3 is 2.74 bits per heavy atom. The summed E-state index contributed by atoms with van der Waals surface area (Å²) >= 11 is 2.19. The van der Waals surface area contributed by atoms with Gasteiger partial charge in [-0.1, -0.05) is 6.07 Å². The maximum atomic E-state index is 12.4. The SMILES string of the molecule is Cc1ccc(C(=O)N2CCCCC2C(=O)O)cc1I. The van der Waals surface area contributed by atoms with E-state index in [1.54, 1.807) is 6.07 Å². The van der Waals surface area contributed by atoms with E-state index in [0.717, 1.165) is 22.0 Å². The number of nitrogens with zero attached hydrogens (tertiary/aromatic N) is 1. The van der Waals surface area contributed by atoms with Gasteiger partial charge in [-0.2, -0.15) is 0 Å². The molecule has 5 heteroatoms. The summed E-state index contributed by atoms with van der Waals surface area (Å²) in [7, 11) is 0. The quantitative estimate of drug-likeness (QED) is 0.812. The minimum Gasteiger partial charge on any atom is -0.480 e. The highest BCUT2D eigenvalue weighted by molar-refractivity contribution is 14.1. The second-order valence-corrected chi connectivity index (χ2v) is 5.97. The van der Waals surface area contributed by atoms with Crippen molar-refractivity contribution in [1.82, 2.24) is 4.90 Å². The third-order valence-electron chi connectivity index (χ3n) is 3.47. The second-order valence-electron chi connectivity index (χ2n) is 4.81. The minimum absolute atomic E-state index is 0.176. The largest absolute Gasteiger partial charge is 0.480 e. The zero-order valence-electron chi connectivity index (χ0n) is 10.7. The van der Waals surface area contributed by atoms with Crippen LogP contribution in [0.1, 0.15) is 35.2 Å². The molecule has 0 aromatic heterocycles. The molecule has 1 aliphatic heterocycles. The number of likely N-dealkylation sites (tertiary alicyclic amines) is 1. The fraction of sp³-hybridized carbons (Fsp3) is 0.429. The lowest BCUT2D eigenvalue weighted by atomic mass is 10.0. The normalized spacial score (nSPS) is 19.3. The summed E-state index contributed by atoms with van der Waals surface area (Å²) in [4.78, 5) is 25.2. The molecule has 0 spiro atoms. The van der Waals surface area contributed by atoms with Crippen molar-refractivity contribution in [3.05, 3.63) is 32.9 Å². The third kappa shape index (κ3) is 3.08. The number of carboxylic acid groups (broad SMARTS) is 1. The first kappa shape index (κ1) is 14.3. The third-order valence-corrected chi connectivity index (χ3v) is 4.63. The molecule has 19 heavy (non-hydrogen) atoms. The Morgan fingerprint density at radius 1 is 1.37 bits per heavy atom. The molecule has 1 amide bonds. The molecule has 1 unspecified atom stereocenters. The van der Waals surface area contributed by atoms with Crippen LogP contribution in [-0.2, 0) is 4.79 Å². The predicted molar refractivity (Wildman–Crippen MR) is 80.2 cm³/mol. The average Bonchev–Trinajstić information content (AvgIpc) is 2.41. The van der Waals surface area contributed by atoms with E-state index in [-0.39, 0.29) is 5.91 Å². The summed E-state index contributed by atoms with van der Waals surface area (Å²) in [6, 6.07) is 4.81. The number of carbonyl (C=O) groups is 2. The van der Waals surface area contributed by atoms with Crippen LogP contribution in [-0.4, -0.2) is 34.5 Å². The van der Waals surface area contributed by atoms with Gasteiger partial charge in [0.15, 0.2) is 0 Å². The Labute approximate surface area is 125 Å². The number of aryl methyl sites for hydroxylation is 1. The average molecular weight is 373 g/mol. The molecule has 1 aliphatic rings. The summed E-state index contributed by atoms with van der Waals surface area (Å²) in [5.74, 6) is -1.08. The van der Waals surface area contributed by atoms with Gasteiger partial charge in [0, 0.05) is 15.7 Å². The van der Waals surface area contributed by atoms with E-state index in [4.69, 9.17) is 0 Å². The molecule has 1 heterocycles. The van der Waals surface area contributed by atoms with Crippen LogP contribution < -0.4 is 0 Å². The fourth-order valence-electron chi connectivity index (χ4n) is 2.32. The molecule has 1 saturated heterocycles. The van der Waals surface area contributed by atoms with E-state index in [0.29, 0.717) is 18.5 Å². The zero-order chi connectivity index (χ0) is 14.0. The predicted octanol–water partition coefficient (Wildman–Crippen LogP) is 2.68. The van der Waals surface area contributed by atoms with Gasteiger partial charge in [0.1, 0.15) is 6.04 Å². The van der Waals surface area contributed by atoms with Gasteiger partial charge in [-0.15, -0.1) is 0 Å². The van der Waals surface area contributed by atoms with Crippen molar-refractivity contribution < 1.29 is 14.7 Å². The molecule has 1 fully saturated rings. The Morgan fingerprint density at radius 2 is 2.11 bits per heavy atom. The molecule has 4 nitrogen and oxygen atoms in total. The summed E-state index contributed by atoms with van der Waals surface area (Å²) in [5, 5.41) is 9.21. The fourth-order valence-corrected chi connectivity index (χ4v) is 2.84. The van der Waals surface area contributed by atoms with E-state index in [9.17, 15) is 14.7 Å². The highest BCUT2D eigenvalue weighted by Gasteiger charge is 2.32. The van der Waals surface area contributed by atoms with Crippen LogP contribution in [0.3, 0.4) is 0 Å². The zero-order valence-corrected chi connectivity index (χ0v) is 12.9. The van der Waals surface area contributed by atoms with E-state index in [1.807, 2.05) is 19.1 Å². The number of piperidine rings is 1. The Hall–Kier alpha value is -1.11. The molecule has 2 rings (SSSR count). The Kier molecular flexibility index (Phi) is 4.44. The number of amides is 1. The number of halogens is 1. The number of hydrogen-bond acceptors (Lipinski definition) is 2. The molecular formula is C14H16INO3. The topological polar surface area (TPSA) is 57.6 Å². The molecular weight excluding hydrogens is 357 g/mol. The van der Waals surface area contributed by atoms with E-state index >= 15 is 0 Å². The molecule has 1 N–H and O–H groups in total. The van der Waals surface area contributed by atoms with Crippen molar-refractivity contribution in [3.63, 3.8) is 0 Å². The van der Waals surface area contributed by atoms with Gasteiger partial charge in [0.05, 0.1) is 0 Å². The van der Waals surface area contributed by atoms with Gasteiger partial charge in [0.25, 0.3) is 5.91 Å². The van der Waals surface area contributed by atoms with Crippen LogP contribution in [0.15, 0.2) is 18.2 Å². The van der Waals surface area contributed by atoms with Crippen LogP contribution in [0.25, 0.3) is 0 Å². The highest BCUT2D eigenvalue weighted by atomic mass is 127.